The summed E-state index contributed by atoms with van der Waals surface area (Å²) >= 11 is 1.59. The fourth-order valence-electron chi connectivity index (χ4n) is 1.90. The van der Waals surface area contributed by atoms with Gasteiger partial charge in [0, 0.05) is 28.0 Å². The number of esters is 1. The van der Waals surface area contributed by atoms with Crippen LogP contribution in [0.15, 0.2) is 0 Å². The Bertz CT molecular complexity index is 342. The Morgan fingerprint density at radius 3 is 1.84 bits per heavy atom. The van der Waals surface area contributed by atoms with Crippen molar-refractivity contribution in [3.05, 3.63) is 0 Å². The topological polar surface area (TPSA) is 55.4 Å². The van der Waals surface area contributed by atoms with E-state index in [1.807, 2.05) is 6.92 Å². The third kappa shape index (κ3) is 7.13. The quantitative estimate of drug-likeness (QED) is 0.347. The van der Waals surface area contributed by atoms with E-state index < -0.39 is 11.6 Å². The standard InChI is InChI=1S/C14H26INO3/c1-12(2,3)9-14(7,13(4,5)6)19-10(17)8-16-11(15)18/h8-9H2,1-7H3,(H,16,18). The van der Waals surface area contributed by atoms with Crippen LogP contribution in [0.2, 0.25) is 0 Å². The van der Waals surface area contributed by atoms with Crippen molar-refractivity contribution in [1.29, 1.82) is 0 Å². The second kappa shape index (κ2) is 6.41. The molecular weight excluding hydrogens is 357 g/mol. The highest BCUT2D eigenvalue weighted by Gasteiger charge is 2.43. The molecule has 0 fully saturated rings. The largest absolute Gasteiger partial charge is 0.457 e. The number of amides is 1. The SMILES string of the molecule is CC(C)(C)CC(C)(OC(=O)CNC(=O)I)C(C)(C)C. The van der Waals surface area contributed by atoms with Gasteiger partial charge in [-0.2, -0.15) is 0 Å². The summed E-state index contributed by atoms with van der Waals surface area (Å²) in [6.45, 7) is 14.4. The molecule has 5 heteroatoms. The molecule has 0 aromatic heterocycles. The molecule has 1 amide bonds. The van der Waals surface area contributed by atoms with Gasteiger partial charge in [-0.25, -0.2) is 0 Å². The minimum atomic E-state index is -0.571. The van der Waals surface area contributed by atoms with Crippen LogP contribution in [-0.4, -0.2) is 22.0 Å². The van der Waals surface area contributed by atoms with Crippen LogP contribution >= 0.6 is 22.6 Å². The molecule has 0 saturated heterocycles. The average Bonchev–Trinajstić information content (AvgIpc) is 2.09. The maximum atomic E-state index is 11.9. The van der Waals surface area contributed by atoms with E-state index in [9.17, 15) is 9.59 Å². The number of nitrogens with one attached hydrogen (secondary N) is 1. The van der Waals surface area contributed by atoms with Gasteiger partial charge in [0.2, 0.25) is 0 Å². The number of carbonyl (C=O) groups excluding carboxylic acids is 2. The normalized spacial score (nSPS) is 15.6. The summed E-state index contributed by atoms with van der Waals surface area (Å²) in [5.74, 6) is -0.397. The lowest BCUT2D eigenvalue weighted by Gasteiger charge is -2.44. The van der Waals surface area contributed by atoms with Gasteiger partial charge in [0.25, 0.3) is 3.91 Å². The minimum absolute atomic E-state index is 0.0504. The maximum Gasteiger partial charge on any atom is 0.325 e. The molecule has 112 valence electrons. The molecule has 0 spiro atoms. The summed E-state index contributed by atoms with van der Waals surface area (Å²) in [5.41, 5.74) is -0.697. The predicted molar refractivity (Wildman–Crippen MR) is 85.4 cm³/mol. The van der Waals surface area contributed by atoms with E-state index in [0.717, 1.165) is 6.42 Å². The first kappa shape index (κ1) is 18.7. The molecule has 1 N–H and O–H groups in total. The molecule has 0 rings (SSSR count). The minimum Gasteiger partial charge on any atom is -0.457 e. The van der Waals surface area contributed by atoms with Crippen molar-refractivity contribution in [2.24, 2.45) is 10.8 Å². The van der Waals surface area contributed by atoms with Crippen LogP contribution in [0.5, 0.6) is 0 Å². The maximum absolute atomic E-state index is 11.9. The molecule has 0 aliphatic heterocycles. The zero-order chi connectivity index (χ0) is 15.5. The molecule has 0 saturated carbocycles. The lowest BCUT2D eigenvalue weighted by Crippen LogP contribution is -2.48. The van der Waals surface area contributed by atoms with Crippen LogP contribution in [-0.2, 0) is 9.53 Å². The van der Waals surface area contributed by atoms with Crippen LogP contribution in [0.1, 0.15) is 54.9 Å². The molecule has 0 heterocycles. The zero-order valence-electron chi connectivity index (χ0n) is 13.0. The van der Waals surface area contributed by atoms with Crippen molar-refractivity contribution < 1.29 is 14.3 Å². The number of ether oxygens (including phenoxy) is 1. The van der Waals surface area contributed by atoms with Gasteiger partial charge in [-0.3, -0.25) is 9.59 Å². The van der Waals surface area contributed by atoms with Crippen LogP contribution in [0.4, 0.5) is 4.79 Å². The molecule has 0 aromatic carbocycles. The van der Waals surface area contributed by atoms with Crippen molar-refractivity contribution in [3.63, 3.8) is 0 Å². The third-order valence-electron chi connectivity index (χ3n) is 3.16. The Labute approximate surface area is 130 Å². The average molecular weight is 383 g/mol. The molecule has 19 heavy (non-hydrogen) atoms. The summed E-state index contributed by atoms with van der Waals surface area (Å²) < 4.78 is 5.41. The van der Waals surface area contributed by atoms with E-state index >= 15 is 0 Å². The number of halogens is 1. The summed E-state index contributed by atoms with van der Waals surface area (Å²) in [4.78, 5) is 22.7. The smallest absolute Gasteiger partial charge is 0.325 e. The van der Waals surface area contributed by atoms with Crippen molar-refractivity contribution in [1.82, 2.24) is 5.32 Å². The van der Waals surface area contributed by atoms with E-state index in [-0.39, 0.29) is 21.3 Å². The Morgan fingerprint density at radius 1 is 1.05 bits per heavy atom. The van der Waals surface area contributed by atoms with Crippen molar-refractivity contribution in [2.75, 3.05) is 6.54 Å². The third-order valence-corrected chi connectivity index (χ3v) is 3.55. The van der Waals surface area contributed by atoms with Crippen molar-refractivity contribution in [2.45, 2.75) is 60.5 Å². The van der Waals surface area contributed by atoms with Gasteiger partial charge < -0.3 is 10.1 Å². The zero-order valence-corrected chi connectivity index (χ0v) is 15.2. The number of hydrogen-bond donors (Lipinski definition) is 1. The van der Waals surface area contributed by atoms with Gasteiger partial charge in [0.05, 0.1) is 0 Å². The molecule has 0 radical (unpaired) electrons. The van der Waals surface area contributed by atoms with Crippen molar-refractivity contribution >= 4 is 32.5 Å². The first-order valence-corrected chi connectivity index (χ1v) is 7.50. The highest BCUT2D eigenvalue weighted by molar-refractivity contribution is 14.1. The summed E-state index contributed by atoms with van der Waals surface area (Å²) in [6.07, 6.45) is 0.757. The first-order chi connectivity index (χ1) is 8.27. The number of rotatable bonds is 4. The molecule has 0 aliphatic rings. The molecule has 4 nitrogen and oxygen atoms in total. The fraction of sp³-hybridized carbons (Fsp3) is 0.857. The predicted octanol–water partition coefficient (Wildman–Crippen LogP) is 3.92. The summed E-state index contributed by atoms with van der Waals surface area (Å²) in [7, 11) is 0. The Balaban J connectivity index is 4.88. The molecule has 0 bridgehead atoms. The van der Waals surface area contributed by atoms with E-state index in [2.05, 4.69) is 46.9 Å². The highest BCUT2D eigenvalue weighted by atomic mass is 127. The number of hydrogen-bond acceptors (Lipinski definition) is 3. The van der Waals surface area contributed by atoms with E-state index in [0.29, 0.717) is 0 Å². The van der Waals surface area contributed by atoms with Gasteiger partial charge in [0.1, 0.15) is 12.1 Å². The van der Waals surface area contributed by atoms with Crippen LogP contribution in [0.25, 0.3) is 0 Å². The Hall–Kier alpha value is -0.330. The monoisotopic (exact) mass is 383 g/mol. The molecule has 1 unspecified atom stereocenters. The van der Waals surface area contributed by atoms with Gasteiger partial charge >= 0.3 is 5.97 Å². The highest BCUT2D eigenvalue weighted by Crippen LogP contribution is 2.42. The number of carbonyl (C=O) groups is 2. The van der Waals surface area contributed by atoms with Gasteiger partial charge in [-0.15, -0.1) is 0 Å². The molecule has 0 aromatic rings. The van der Waals surface area contributed by atoms with Gasteiger partial charge in [0.15, 0.2) is 0 Å². The van der Waals surface area contributed by atoms with Gasteiger partial charge in [-0.1, -0.05) is 41.5 Å². The molecule has 1 atom stereocenters. The second-order valence-electron chi connectivity index (χ2n) is 7.32. The van der Waals surface area contributed by atoms with E-state index in [1.54, 1.807) is 22.6 Å². The molecule has 0 aliphatic carbocycles. The summed E-state index contributed by atoms with van der Waals surface area (Å²) in [6, 6.07) is 0. The lowest BCUT2D eigenvalue weighted by atomic mass is 9.69. The van der Waals surface area contributed by atoms with E-state index in [4.69, 9.17) is 4.74 Å². The van der Waals surface area contributed by atoms with Gasteiger partial charge in [-0.05, 0) is 18.8 Å². The second-order valence-corrected chi connectivity index (χ2v) is 8.30. The Kier molecular flexibility index (Phi) is 6.30. The van der Waals surface area contributed by atoms with Crippen LogP contribution < -0.4 is 5.32 Å². The van der Waals surface area contributed by atoms with Crippen molar-refractivity contribution in [3.8, 4) is 0 Å². The summed E-state index contributed by atoms with van der Waals surface area (Å²) in [5, 5.41) is 2.46. The molecular formula is C14H26INO3. The van der Waals surface area contributed by atoms with E-state index in [1.165, 1.54) is 0 Å². The van der Waals surface area contributed by atoms with Crippen LogP contribution in [0, 0.1) is 10.8 Å². The fourth-order valence-corrected chi connectivity index (χ4v) is 2.09. The van der Waals surface area contributed by atoms with Crippen LogP contribution in [0.3, 0.4) is 0 Å². The Morgan fingerprint density at radius 2 is 1.53 bits per heavy atom. The first-order valence-electron chi connectivity index (χ1n) is 6.42. The lowest BCUT2D eigenvalue weighted by molar-refractivity contribution is -0.173.